The van der Waals surface area contributed by atoms with Crippen molar-refractivity contribution in [3.63, 3.8) is 0 Å². The van der Waals surface area contributed by atoms with Crippen molar-refractivity contribution in [2.75, 3.05) is 6.54 Å². The third-order valence-electron chi connectivity index (χ3n) is 4.76. The molecular formula is C17H19F2N3O3. The fourth-order valence-electron chi connectivity index (χ4n) is 3.14. The molecule has 2 atom stereocenters. The average Bonchev–Trinajstić information content (AvgIpc) is 3.33. The second kappa shape index (κ2) is 6.09. The summed E-state index contributed by atoms with van der Waals surface area (Å²) in [4.78, 5) is 37.5. The molecule has 1 heterocycles. The molecule has 0 bridgehead atoms. The number of amides is 4. The van der Waals surface area contributed by atoms with Crippen LogP contribution in [0.3, 0.4) is 0 Å². The molecule has 1 saturated carbocycles. The fraction of sp³-hybridized carbons (Fsp3) is 0.471. The van der Waals surface area contributed by atoms with Crippen LogP contribution in [0.1, 0.15) is 32.3 Å². The summed E-state index contributed by atoms with van der Waals surface area (Å²) in [5.74, 6) is -2.81. The molecular weight excluding hydrogens is 332 g/mol. The zero-order valence-corrected chi connectivity index (χ0v) is 13.9. The molecule has 4 amide bonds. The molecule has 2 aliphatic rings. The van der Waals surface area contributed by atoms with Crippen LogP contribution in [-0.4, -0.2) is 35.3 Å². The number of nitrogens with zero attached hydrogens (tertiary/aromatic N) is 1. The van der Waals surface area contributed by atoms with E-state index in [1.165, 1.54) is 13.0 Å². The highest BCUT2D eigenvalue weighted by molar-refractivity contribution is 6.09. The molecule has 0 aromatic heterocycles. The summed E-state index contributed by atoms with van der Waals surface area (Å²) in [6.07, 6.45) is 2.07. The number of hydrogen-bond donors (Lipinski definition) is 2. The topological polar surface area (TPSA) is 78.5 Å². The summed E-state index contributed by atoms with van der Waals surface area (Å²) in [7, 11) is 0. The van der Waals surface area contributed by atoms with Crippen LogP contribution in [0.2, 0.25) is 0 Å². The normalized spacial score (nSPS) is 24.2. The van der Waals surface area contributed by atoms with E-state index in [0.717, 1.165) is 25.0 Å². The van der Waals surface area contributed by atoms with Gasteiger partial charge in [-0.05, 0) is 44.7 Å². The number of nitrogens with one attached hydrogen (secondary N) is 2. The van der Waals surface area contributed by atoms with Crippen molar-refractivity contribution in [1.29, 1.82) is 0 Å². The average molecular weight is 351 g/mol. The number of benzene rings is 1. The highest BCUT2D eigenvalue weighted by atomic mass is 19.1. The molecule has 1 aliphatic carbocycles. The van der Waals surface area contributed by atoms with Gasteiger partial charge in [0.1, 0.15) is 23.7 Å². The van der Waals surface area contributed by atoms with Gasteiger partial charge in [-0.3, -0.25) is 14.5 Å². The Morgan fingerprint density at radius 2 is 1.96 bits per heavy atom. The molecule has 0 spiro atoms. The van der Waals surface area contributed by atoms with Crippen molar-refractivity contribution in [3.05, 3.63) is 35.4 Å². The summed E-state index contributed by atoms with van der Waals surface area (Å²) < 4.78 is 28.1. The van der Waals surface area contributed by atoms with E-state index < -0.39 is 47.1 Å². The lowest BCUT2D eigenvalue weighted by atomic mass is 9.91. The molecule has 6 nitrogen and oxygen atoms in total. The number of imide groups is 1. The van der Waals surface area contributed by atoms with Crippen LogP contribution in [-0.2, 0) is 15.1 Å². The molecule has 1 aromatic rings. The Labute approximate surface area is 143 Å². The van der Waals surface area contributed by atoms with Crippen molar-refractivity contribution in [2.45, 2.75) is 38.3 Å². The highest BCUT2D eigenvalue weighted by Gasteiger charge is 2.52. The summed E-state index contributed by atoms with van der Waals surface area (Å²) in [5.41, 5.74) is -2.43. The number of rotatable bonds is 5. The van der Waals surface area contributed by atoms with Crippen molar-refractivity contribution >= 4 is 17.8 Å². The number of carbonyl (C=O) groups is 3. The van der Waals surface area contributed by atoms with E-state index in [2.05, 4.69) is 10.6 Å². The maximum Gasteiger partial charge on any atom is 0.325 e. The first-order valence-corrected chi connectivity index (χ1v) is 8.12. The van der Waals surface area contributed by atoms with E-state index in [4.69, 9.17) is 0 Å². The summed E-state index contributed by atoms with van der Waals surface area (Å²) in [6.45, 7) is 2.59. The van der Waals surface area contributed by atoms with Crippen LogP contribution < -0.4 is 10.6 Å². The van der Waals surface area contributed by atoms with Gasteiger partial charge in [0.2, 0.25) is 5.91 Å². The van der Waals surface area contributed by atoms with Crippen LogP contribution in [0.5, 0.6) is 0 Å². The van der Waals surface area contributed by atoms with Crippen LogP contribution >= 0.6 is 0 Å². The third-order valence-corrected chi connectivity index (χ3v) is 4.76. The van der Waals surface area contributed by atoms with Gasteiger partial charge in [0, 0.05) is 6.04 Å². The summed E-state index contributed by atoms with van der Waals surface area (Å²) >= 11 is 0. The number of hydrogen-bond acceptors (Lipinski definition) is 3. The standard InChI is InChI=1S/C17H19F2N3O3/c1-9(10-6-7-10)20-13(23)8-22-15(24)17(2,21-16(22)25)14-11(18)4-3-5-12(14)19/h3-5,9-10H,6-8H2,1-2H3,(H,20,23)(H,21,25)/t9-,17-/m1/s1. The van der Waals surface area contributed by atoms with E-state index in [0.29, 0.717) is 10.8 Å². The van der Waals surface area contributed by atoms with Gasteiger partial charge in [-0.15, -0.1) is 0 Å². The van der Waals surface area contributed by atoms with E-state index >= 15 is 0 Å². The Balaban J connectivity index is 1.78. The van der Waals surface area contributed by atoms with Crippen molar-refractivity contribution in [1.82, 2.24) is 15.5 Å². The van der Waals surface area contributed by atoms with Gasteiger partial charge in [0.25, 0.3) is 5.91 Å². The predicted molar refractivity (Wildman–Crippen MR) is 84.3 cm³/mol. The second-order valence-electron chi connectivity index (χ2n) is 6.74. The monoisotopic (exact) mass is 351 g/mol. The zero-order valence-electron chi connectivity index (χ0n) is 13.9. The van der Waals surface area contributed by atoms with Crippen LogP contribution in [0, 0.1) is 17.6 Å². The molecule has 3 rings (SSSR count). The van der Waals surface area contributed by atoms with Gasteiger partial charge < -0.3 is 10.6 Å². The van der Waals surface area contributed by atoms with Gasteiger partial charge in [-0.25, -0.2) is 13.6 Å². The maximum absolute atomic E-state index is 14.1. The van der Waals surface area contributed by atoms with E-state index in [9.17, 15) is 23.2 Å². The summed E-state index contributed by atoms with van der Waals surface area (Å²) in [6, 6.07) is 2.29. The Bertz CT molecular complexity index is 730. The predicted octanol–water partition coefficient (Wildman–Crippen LogP) is 1.65. The van der Waals surface area contributed by atoms with Crippen LogP contribution in [0.4, 0.5) is 13.6 Å². The van der Waals surface area contributed by atoms with E-state index in [-0.39, 0.29) is 6.04 Å². The number of carbonyl (C=O) groups excluding carboxylic acids is 3. The molecule has 1 saturated heterocycles. The number of halogens is 2. The van der Waals surface area contributed by atoms with Gasteiger partial charge in [-0.2, -0.15) is 0 Å². The SMILES string of the molecule is C[C@@H](NC(=O)CN1C(=O)N[C@](C)(c2c(F)cccc2F)C1=O)C1CC1. The van der Waals surface area contributed by atoms with Crippen molar-refractivity contribution < 1.29 is 23.2 Å². The zero-order chi connectivity index (χ0) is 18.4. The second-order valence-corrected chi connectivity index (χ2v) is 6.74. The van der Waals surface area contributed by atoms with Crippen LogP contribution in [0.15, 0.2) is 18.2 Å². The molecule has 134 valence electrons. The highest BCUT2D eigenvalue weighted by Crippen LogP contribution is 2.33. The van der Waals surface area contributed by atoms with E-state index in [1.807, 2.05) is 6.92 Å². The van der Waals surface area contributed by atoms with Crippen molar-refractivity contribution in [3.8, 4) is 0 Å². The molecule has 8 heteroatoms. The first-order valence-electron chi connectivity index (χ1n) is 8.12. The van der Waals surface area contributed by atoms with Gasteiger partial charge >= 0.3 is 6.03 Å². The Morgan fingerprint density at radius 1 is 1.36 bits per heavy atom. The Morgan fingerprint density at radius 3 is 2.52 bits per heavy atom. The molecule has 0 unspecified atom stereocenters. The molecule has 1 aromatic carbocycles. The van der Waals surface area contributed by atoms with Gasteiger partial charge in [-0.1, -0.05) is 6.07 Å². The largest absolute Gasteiger partial charge is 0.352 e. The minimum Gasteiger partial charge on any atom is -0.352 e. The van der Waals surface area contributed by atoms with Crippen LogP contribution in [0.25, 0.3) is 0 Å². The maximum atomic E-state index is 14.1. The number of urea groups is 1. The lowest BCUT2D eigenvalue weighted by Crippen LogP contribution is -2.45. The van der Waals surface area contributed by atoms with Crippen molar-refractivity contribution in [2.24, 2.45) is 5.92 Å². The van der Waals surface area contributed by atoms with Gasteiger partial charge in [0.15, 0.2) is 0 Å². The minimum atomic E-state index is -1.89. The molecule has 0 radical (unpaired) electrons. The Kier molecular flexibility index (Phi) is 4.22. The first-order chi connectivity index (χ1) is 11.7. The van der Waals surface area contributed by atoms with E-state index in [1.54, 1.807) is 0 Å². The molecule has 25 heavy (non-hydrogen) atoms. The molecule has 2 N–H and O–H groups in total. The molecule has 1 aliphatic heterocycles. The minimum absolute atomic E-state index is 0.0383. The third kappa shape index (κ3) is 3.08. The molecule has 2 fully saturated rings. The lowest BCUT2D eigenvalue weighted by Gasteiger charge is -2.23. The van der Waals surface area contributed by atoms with Gasteiger partial charge in [0.05, 0.1) is 5.56 Å². The summed E-state index contributed by atoms with van der Waals surface area (Å²) in [5, 5.41) is 5.04. The fourth-order valence-corrected chi connectivity index (χ4v) is 3.14. The first kappa shape index (κ1) is 17.3. The smallest absolute Gasteiger partial charge is 0.325 e. The lowest BCUT2D eigenvalue weighted by molar-refractivity contribution is -0.135. The quantitative estimate of drug-likeness (QED) is 0.792. The Hall–Kier alpha value is -2.51.